The van der Waals surface area contributed by atoms with Gasteiger partial charge in [0.15, 0.2) is 0 Å². The average Bonchev–Trinajstić information content (AvgIpc) is 2.38. The fourth-order valence-corrected chi connectivity index (χ4v) is 2.65. The third-order valence-corrected chi connectivity index (χ3v) is 3.67. The van der Waals surface area contributed by atoms with Crippen LogP contribution in [0.3, 0.4) is 0 Å². The van der Waals surface area contributed by atoms with Gasteiger partial charge >= 0.3 is 0 Å². The number of aliphatic hydroxyl groups excluding tert-OH is 1. The van der Waals surface area contributed by atoms with Crippen LogP contribution in [-0.2, 0) is 6.61 Å². The number of nitrogens with zero attached hydrogens (tertiary/aromatic N) is 2. The maximum absolute atomic E-state index is 9.23. The van der Waals surface area contributed by atoms with E-state index in [-0.39, 0.29) is 6.61 Å². The molecule has 17 heavy (non-hydrogen) atoms. The molecule has 1 aromatic rings. The summed E-state index contributed by atoms with van der Waals surface area (Å²) in [6, 6.07) is 4.56. The smallest absolute Gasteiger partial charge is 0.129 e. The fourth-order valence-electron chi connectivity index (χ4n) is 2.65. The Morgan fingerprint density at radius 1 is 1.29 bits per heavy atom. The molecule has 1 aliphatic rings. The van der Waals surface area contributed by atoms with Crippen molar-refractivity contribution in [3.63, 3.8) is 0 Å². The third-order valence-electron chi connectivity index (χ3n) is 3.67. The van der Waals surface area contributed by atoms with Crippen molar-refractivity contribution in [3.05, 3.63) is 23.4 Å². The van der Waals surface area contributed by atoms with Crippen LogP contribution in [0.4, 0.5) is 5.82 Å². The van der Waals surface area contributed by atoms with Gasteiger partial charge in [0.2, 0.25) is 0 Å². The number of rotatable bonds is 3. The molecular weight excluding hydrogens is 212 g/mol. The highest BCUT2D eigenvalue weighted by Gasteiger charge is 2.19. The van der Waals surface area contributed by atoms with E-state index in [1.807, 2.05) is 19.1 Å². The van der Waals surface area contributed by atoms with Crippen LogP contribution in [-0.4, -0.2) is 23.2 Å². The Morgan fingerprint density at radius 2 is 2.00 bits per heavy atom. The van der Waals surface area contributed by atoms with Crippen LogP contribution < -0.4 is 4.90 Å². The van der Waals surface area contributed by atoms with Gasteiger partial charge in [0.05, 0.1) is 6.61 Å². The molecule has 0 spiro atoms. The molecular formula is C14H22N2O. The summed E-state index contributed by atoms with van der Waals surface area (Å²) in [5, 5.41) is 9.23. The van der Waals surface area contributed by atoms with Gasteiger partial charge in [0.25, 0.3) is 0 Å². The zero-order valence-corrected chi connectivity index (χ0v) is 10.8. The van der Waals surface area contributed by atoms with Gasteiger partial charge in [-0.25, -0.2) is 4.98 Å². The first-order valence-electron chi connectivity index (χ1n) is 6.52. The fraction of sp³-hybridized carbons (Fsp3) is 0.643. The lowest BCUT2D eigenvalue weighted by atomic mass is 9.94. The van der Waals surface area contributed by atoms with E-state index >= 15 is 0 Å². The largest absolute Gasteiger partial charge is 0.392 e. The number of aliphatic hydroxyl groups is 1. The molecule has 0 saturated heterocycles. The molecule has 0 aromatic carbocycles. The zero-order chi connectivity index (χ0) is 12.3. The third kappa shape index (κ3) is 2.97. The maximum Gasteiger partial charge on any atom is 0.129 e. The Bertz CT molecular complexity index is 372. The van der Waals surface area contributed by atoms with Gasteiger partial charge in [0.1, 0.15) is 5.82 Å². The van der Waals surface area contributed by atoms with Crippen LogP contribution in [0.5, 0.6) is 0 Å². The average molecular weight is 234 g/mol. The van der Waals surface area contributed by atoms with E-state index in [9.17, 15) is 5.11 Å². The lowest BCUT2D eigenvalue weighted by Gasteiger charge is -2.32. The van der Waals surface area contributed by atoms with E-state index in [4.69, 9.17) is 0 Å². The van der Waals surface area contributed by atoms with E-state index in [0.29, 0.717) is 6.04 Å². The van der Waals surface area contributed by atoms with Crippen LogP contribution in [0.1, 0.15) is 43.4 Å². The second-order valence-corrected chi connectivity index (χ2v) is 5.04. The van der Waals surface area contributed by atoms with Gasteiger partial charge in [-0.1, -0.05) is 19.3 Å². The van der Waals surface area contributed by atoms with E-state index in [1.165, 1.54) is 32.1 Å². The van der Waals surface area contributed by atoms with E-state index < -0.39 is 0 Å². The minimum absolute atomic E-state index is 0.0921. The quantitative estimate of drug-likeness (QED) is 0.873. The van der Waals surface area contributed by atoms with Gasteiger partial charge in [-0.3, -0.25) is 0 Å². The van der Waals surface area contributed by atoms with Gasteiger partial charge in [0, 0.05) is 18.8 Å². The van der Waals surface area contributed by atoms with Crippen molar-refractivity contribution in [1.29, 1.82) is 0 Å². The van der Waals surface area contributed by atoms with Crippen LogP contribution in [0.2, 0.25) is 0 Å². The Hall–Kier alpha value is -1.09. The summed E-state index contributed by atoms with van der Waals surface area (Å²) in [7, 11) is 2.12. The molecule has 0 unspecified atom stereocenters. The van der Waals surface area contributed by atoms with Crippen molar-refractivity contribution in [2.75, 3.05) is 11.9 Å². The second kappa shape index (κ2) is 5.50. The van der Waals surface area contributed by atoms with Crippen molar-refractivity contribution >= 4 is 5.82 Å². The van der Waals surface area contributed by atoms with Crippen molar-refractivity contribution in [3.8, 4) is 0 Å². The molecule has 0 bridgehead atoms. The molecule has 3 heteroatoms. The monoisotopic (exact) mass is 234 g/mol. The number of anilines is 1. The standard InChI is InChI=1S/C14H22N2O/c1-11-8-12(10-17)9-14(15-11)16(2)13-6-4-3-5-7-13/h8-9,13,17H,3-7,10H2,1-2H3. The van der Waals surface area contributed by atoms with Gasteiger partial charge in [-0.05, 0) is 37.5 Å². The lowest BCUT2D eigenvalue weighted by Crippen LogP contribution is -2.34. The molecule has 2 rings (SSSR count). The molecule has 0 amide bonds. The summed E-state index contributed by atoms with van der Waals surface area (Å²) in [4.78, 5) is 6.85. The Kier molecular flexibility index (Phi) is 4.00. The van der Waals surface area contributed by atoms with Crippen molar-refractivity contribution in [2.45, 2.75) is 51.7 Å². The molecule has 0 atom stereocenters. The number of hydrogen-bond donors (Lipinski definition) is 1. The molecule has 1 heterocycles. The topological polar surface area (TPSA) is 36.4 Å². The van der Waals surface area contributed by atoms with Crippen molar-refractivity contribution < 1.29 is 5.11 Å². The molecule has 94 valence electrons. The van der Waals surface area contributed by atoms with Crippen LogP contribution in [0.15, 0.2) is 12.1 Å². The van der Waals surface area contributed by atoms with E-state index in [1.54, 1.807) is 0 Å². The summed E-state index contributed by atoms with van der Waals surface area (Å²) in [6.07, 6.45) is 6.55. The molecule has 0 radical (unpaired) electrons. The number of aromatic nitrogens is 1. The minimum atomic E-state index is 0.0921. The number of hydrogen-bond acceptors (Lipinski definition) is 3. The summed E-state index contributed by atoms with van der Waals surface area (Å²) in [5.41, 5.74) is 1.93. The highest BCUT2D eigenvalue weighted by molar-refractivity contribution is 5.42. The first kappa shape index (κ1) is 12.4. The van der Waals surface area contributed by atoms with Crippen LogP contribution >= 0.6 is 0 Å². The van der Waals surface area contributed by atoms with E-state index in [2.05, 4.69) is 16.9 Å². The number of pyridine rings is 1. The first-order chi connectivity index (χ1) is 8.20. The maximum atomic E-state index is 9.23. The summed E-state index contributed by atoms with van der Waals surface area (Å²) < 4.78 is 0. The Labute approximate surface area is 103 Å². The van der Waals surface area contributed by atoms with Crippen LogP contribution in [0, 0.1) is 6.92 Å². The summed E-state index contributed by atoms with van der Waals surface area (Å²) >= 11 is 0. The first-order valence-corrected chi connectivity index (χ1v) is 6.52. The number of aryl methyl sites for hydroxylation is 1. The van der Waals surface area contributed by atoms with Crippen molar-refractivity contribution in [2.24, 2.45) is 0 Å². The molecule has 1 aromatic heterocycles. The lowest BCUT2D eigenvalue weighted by molar-refractivity contribution is 0.281. The molecule has 1 saturated carbocycles. The highest BCUT2D eigenvalue weighted by atomic mass is 16.3. The molecule has 1 N–H and O–H groups in total. The van der Waals surface area contributed by atoms with Gasteiger partial charge in [-0.15, -0.1) is 0 Å². The SMILES string of the molecule is Cc1cc(CO)cc(N(C)C2CCCCC2)n1. The summed E-state index contributed by atoms with van der Waals surface area (Å²) in [5.74, 6) is 1.00. The summed E-state index contributed by atoms with van der Waals surface area (Å²) in [6.45, 7) is 2.08. The second-order valence-electron chi connectivity index (χ2n) is 5.04. The molecule has 1 fully saturated rings. The Balaban J connectivity index is 2.17. The highest BCUT2D eigenvalue weighted by Crippen LogP contribution is 2.25. The zero-order valence-electron chi connectivity index (χ0n) is 10.8. The van der Waals surface area contributed by atoms with Gasteiger partial charge in [-0.2, -0.15) is 0 Å². The predicted molar refractivity (Wildman–Crippen MR) is 70.2 cm³/mol. The van der Waals surface area contributed by atoms with Gasteiger partial charge < -0.3 is 10.0 Å². The van der Waals surface area contributed by atoms with Crippen LogP contribution in [0.25, 0.3) is 0 Å². The minimum Gasteiger partial charge on any atom is -0.392 e. The van der Waals surface area contributed by atoms with E-state index in [0.717, 1.165) is 17.1 Å². The van der Waals surface area contributed by atoms with Crippen molar-refractivity contribution in [1.82, 2.24) is 4.98 Å². The molecule has 1 aliphatic carbocycles. The molecule has 3 nitrogen and oxygen atoms in total. The predicted octanol–water partition coefficient (Wildman–Crippen LogP) is 2.65. The Morgan fingerprint density at radius 3 is 2.65 bits per heavy atom. The molecule has 0 aliphatic heterocycles. The normalized spacial score (nSPS) is 17.1.